The fraction of sp³-hybridized carbons (Fsp3) is 0.438. The fourth-order valence-electron chi connectivity index (χ4n) is 2.43. The van der Waals surface area contributed by atoms with E-state index in [2.05, 4.69) is 10.4 Å². The van der Waals surface area contributed by atoms with E-state index in [1.54, 1.807) is 6.92 Å². The summed E-state index contributed by atoms with van der Waals surface area (Å²) in [7, 11) is 1.44. The Labute approximate surface area is 147 Å². The molecule has 0 bridgehead atoms. The molecule has 142 valence electrons. The van der Waals surface area contributed by atoms with Crippen LogP contribution in [-0.4, -0.2) is 46.7 Å². The minimum absolute atomic E-state index is 0.00192. The lowest BCUT2D eigenvalue weighted by atomic mass is 10.0. The number of methoxy groups -OCH3 is 1. The smallest absolute Gasteiger partial charge is 0.438 e. The number of hydrazone groups is 1. The van der Waals surface area contributed by atoms with E-state index in [0.717, 1.165) is 0 Å². The maximum Gasteiger partial charge on any atom is 0.438 e. The van der Waals surface area contributed by atoms with E-state index in [1.807, 2.05) is 0 Å². The molecule has 0 saturated carbocycles. The van der Waals surface area contributed by atoms with Crippen molar-refractivity contribution in [2.45, 2.75) is 38.1 Å². The van der Waals surface area contributed by atoms with E-state index in [0.29, 0.717) is 12.2 Å². The molecule has 1 aromatic rings. The zero-order valence-electron chi connectivity index (χ0n) is 14.1. The molecule has 0 unspecified atom stereocenters. The fourth-order valence-corrected chi connectivity index (χ4v) is 2.43. The lowest BCUT2D eigenvalue weighted by Crippen LogP contribution is -2.58. The molecule has 0 spiro atoms. The molecule has 26 heavy (non-hydrogen) atoms. The Kier molecular flexibility index (Phi) is 5.55. The zero-order chi connectivity index (χ0) is 19.5. The van der Waals surface area contributed by atoms with Gasteiger partial charge >= 0.3 is 18.0 Å². The molecule has 1 atom stereocenters. The van der Waals surface area contributed by atoms with Crippen LogP contribution in [0.4, 0.5) is 18.9 Å². The van der Waals surface area contributed by atoms with E-state index >= 15 is 0 Å². The number of hydrogen-bond acceptors (Lipinski definition) is 5. The molecule has 1 aliphatic heterocycles. The van der Waals surface area contributed by atoms with Crippen molar-refractivity contribution >= 4 is 23.2 Å². The average molecular weight is 373 g/mol. The Morgan fingerprint density at radius 1 is 1.35 bits per heavy atom. The van der Waals surface area contributed by atoms with E-state index < -0.39 is 30.1 Å². The third kappa shape index (κ3) is 3.79. The highest BCUT2D eigenvalue weighted by Gasteiger charge is 2.63. The van der Waals surface area contributed by atoms with Gasteiger partial charge in [-0.15, -0.1) is 0 Å². The van der Waals surface area contributed by atoms with Gasteiger partial charge in [0.2, 0.25) is 0 Å². The summed E-state index contributed by atoms with van der Waals surface area (Å²) in [4.78, 5) is 24.3. The third-order valence-corrected chi connectivity index (χ3v) is 3.77. The number of benzene rings is 1. The van der Waals surface area contributed by atoms with E-state index in [4.69, 9.17) is 4.74 Å². The molecule has 2 rings (SSSR count). The summed E-state index contributed by atoms with van der Waals surface area (Å²) >= 11 is 0. The predicted molar refractivity (Wildman–Crippen MR) is 86.4 cm³/mol. The van der Waals surface area contributed by atoms with Crippen molar-refractivity contribution in [1.82, 2.24) is 5.01 Å². The maximum absolute atomic E-state index is 13.3. The summed E-state index contributed by atoms with van der Waals surface area (Å²) in [5.41, 5.74) is -3.36. The molecule has 0 saturated heterocycles. The first-order valence-electron chi connectivity index (χ1n) is 7.77. The van der Waals surface area contributed by atoms with Gasteiger partial charge in [0.05, 0.1) is 7.11 Å². The first-order valence-corrected chi connectivity index (χ1v) is 7.77. The van der Waals surface area contributed by atoms with E-state index in [9.17, 15) is 27.9 Å². The molecule has 7 nitrogen and oxygen atoms in total. The molecular formula is C16H18F3N3O4. The second kappa shape index (κ2) is 7.32. The minimum Gasteiger partial charge on any atom is -0.497 e. The molecule has 1 heterocycles. The van der Waals surface area contributed by atoms with Gasteiger partial charge < -0.3 is 15.2 Å². The third-order valence-electron chi connectivity index (χ3n) is 3.77. The zero-order valence-corrected chi connectivity index (χ0v) is 14.1. The van der Waals surface area contributed by atoms with Crippen molar-refractivity contribution in [2.24, 2.45) is 5.10 Å². The number of aliphatic hydroxyl groups is 1. The summed E-state index contributed by atoms with van der Waals surface area (Å²) in [6.45, 7) is 1.72. The van der Waals surface area contributed by atoms with Crippen LogP contribution in [0.2, 0.25) is 0 Å². The second-order valence-electron chi connectivity index (χ2n) is 5.71. The van der Waals surface area contributed by atoms with Gasteiger partial charge in [-0.25, -0.2) is 0 Å². The molecule has 1 aromatic carbocycles. The Bertz CT molecular complexity index is 718. The van der Waals surface area contributed by atoms with Crippen LogP contribution in [0, 0.1) is 0 Å². The topological polar surface area (TPSA) is 91.2 Å². The van der Waals surface area contributed by atoms with Gasteiger partial charge in [-0.1, -0.05) is 13.3 Å². The molecule has 0 aromatic heterocycles. The van der Waals surface area contributed by atoms with Crippen molar-refractivity contribution in [3.63, 3.8) is 0 Å². The predicted octanol–water partition coefficient (Wildman–Crippen LogP) is 2.27. The number of alkyl halides is 3. The summed E-state index contributed by atoms with van der Waals surface area (Å²) in [5, 5.41) is 15.5. The van der Waals surface area contributed by atoms with Gasteiger partial charge in [-0.3, -0.25) is 9.59 Å². The van der Waals surface area contributed by atoms with Crippen LogP contribution in [0.25, 0.3) is 0 Å². The number of carbonyl (C=O) groups is 2. The van der Waals surface area contributed by atoms with Crippen molar-refractivity contribution in [1.29, 1.82) is 0 Å². The van der Waals surface area contributed by atoms with E-state index in [1.165, 1.54) is 31.4 Å². The molecule has 2 amide bonds. The number of anilines is 1. The summed E-state index contributed by atoms with van der Waals surface area (Å²) < 4.78 is 44.8. The Morgan fingerprint density at radius 3 is 2.46 bits per heavy atom. The number of nitrogens with zero attached hydrogens (tertiary/aromatic N) is 2. The van der Waals surface area contributed by atoms with Gasteiger partial charge in [0, 0.05) is 17.8 Å². The minimum atomic E-state index is -5.16. The molecular weight excluding hydrogens is 355 g/mol. The second-order valence-corrected chi connectivity index (χ2v) is 5.71. The quantitative estimate of drug-likeness (QED) is 0.792. The highest BCUT2D eigenvalue weighted by molar-refractivity contribution is 6.39. The van der Waals surface area contributed by atoms with Crippen LogP contribution < -0.4 is 10.1 Å². The molecule has 0 fully saturated rings. The number of carbonyl (C=O) groups excluding carboxylic acids is 2. The van der Waals surface area contributed by atoms with Crippen molar-refractivity contribution in [3.8, 4) is 5.75 Å². The van der Waals surface area contributed by atoms with Crippen LogP contribution in [0.3, 0.4) is 0 Å². The van der Waals surface area contributed by atoms with Crippen LogP contribution in [0.1, 0.15) is 26.2 Å². The number of nitrogens with one attached hydrogen (secondary N) is 1. The van der Waals surface area contributed by atoms with Gasteiger partial charge in [0.1, 0.15) is 5.75 Å². The van der Waals surface area contributed by atoms with Crippen molar-refractivity contribution in [3.05, 3.63) is 24.3 Å². The molecule has 0 radical (unpaired) electrons. The van der Waals surface area contributed by atoms with E-state index in [-0.39, 0.29) is 22.8 Å². The Hall–Kier alpha value is -2.62. The molecule has 0 aliphatic carbocycles. The SMILES string of the molecule is CCCC1=NN(C(=O)C(=O)Nc2ccc(OC)cc2)[C@](O)(C(F)(F)F)C1. The Balaban J connectivity index is 2.21. The number of ether oxygens (including phenoxy) is 1. The van der Waals surface area contributed by atoms with Gasteiger partial charge in [-0.05, 0) is 30.7 Å². The molecule has 10 heteroatoms. The normalized spacial score (nSPS) is 19.9. The monoisotopic (exact) mass is 373 g/mol. The first kappa shape index (κ1) is 19.7. The first-order chi connectivity index (χ1) is 12.1. The molecule has 1 aliphatic rings. The standard InChI is InChI=1S/C16H18F3N3O4/c1-3-4-11-9-15(25,16(17,18)19)22(21-11)14(24)13(23)20-10-5-7-12(26-2)8-6-10/h5-8,25H,3-4,9H2,1-2H3,(H,20,23)/t15-/m1/s1. The van der Waals surface area contributed by atoms with Gasteiger partial charge in [-0.2, -0.15) is 23.3 Å². The summed E-state index contributed by atoms with van der Waals surface area (Å²) in [5.74, 6) is -2.46. The average Bonchev–Trinajstić information content (AvgIpc) is 2.92. The molecule has 2 N–H and O–H groups in total. The van der Waals surface area contributed by atoms with Crippen LogP contribution in [0.5, 0.6) is 5.75 Å². The lowest BCUT2D eigenvalue weighted by Gasteiger charge is -2.32. The van der Waals surface area contributed by atoms with Crippen molar-refractivity contribution < 1.29 is 32.6 Å². The lowest BCUT2D eigenvalue weighted by molar-refractivity contribution is -0.301. The van der Waals surface area contributed by atoms with Crippen LogP contribution in [0.15, 0.2) is 29.4 Å². The van der Waals surface area contributed by atoms with Crippen LogP contribution >= 0.6 is 0 Å². The summed E-state index contributed by atoms with van der Waals surface area (Å²) in [6, 6.07) is 5.82. The van der Waals surface area contributed by atoms with Gasteiger partial charge in [0.15, 0.2) is 0 Å². The van der Waals surface area contributed by atoms with Crippen LogP contribution in [-0.2, 0) is 9.59 Å². The van der Waals surface area contributed by atoms with Crippen molar-refractivity contribution in [2.75, 3.05) is 12.4 Å². The number of rotatable bonds is 4. The largest absolute Gasteiger partial charge is 0.497 e. The summed E-state index contributed by atoms with van der Waals surface area (Å²) in [6.07, 6.45) is -5.40. The van der Waals surface area contributed by atoms with Gasteiger partial charge in [0.25, 0.3) is 5.72 Å². The number of hydrogen-bond donors (Lipinski definition) is 2. The maximum atomic E-state index is 13.3. The number of amides is 2. The highest BCUT2D eigenvalue weighted by Crippen LogP contribution is 2.41. The highest BCUT2D eigenvalue weighted by atomic mass is 19.4. The number of halogens is 3. The Morgan fingerprint density at radius 2 is 1.96 bits per heavy atom.